The van der Waals surface area contributed by atoms with Gasteiger partial charge in [-0.2, -0.15) is 0 Å². The smallest absolute Gasteiger partial charge is 0.273 e. The molecule has 0 aromatic heterocycles. The van der Waals surface area contributed by atoms with E-state index in [0.717, 1.165) is 12.8 Å². The molecule has 0 saturated carbocycles. The Labute approximate surface area is 111 Å². The summed E-state index contributed by atoms with van der Waals surface area (Å²) in [6.45, 7) is 2.71. The van der Waals surface area contributed by atoms with E-state index in [0.29, 0.717) is 24.2 Å². The largest absolute Gasteiger partial charge is 0.334 e. The van der Waals surface area contributed by atoms with E-state index in [1.807, 2.05) is 0 Å². The summed E-state index contributed by atoms with van der Waals surface area (Å²) in [6, 6.07) is 4.64. The van der Waals surface area contributed by atoms with Gasteiger partial charge in [-0.05, 0) is 25.8 Å². The normalized spacial score (nSPS) is 18.6. The molecule has 1 unspecified atom stereocenters. The molecule has 1 fully saturated rings. The SMILES string of the molecule is Cc1c(C(=O)N2CCCC2CN)cccc1[N+](=O)[O-]. The van der Waals surface area contributed by atoms with Crippen molar-refractivity contribution in [2.24, 2.45) is 5.73 Å². The Balaban J connectivity index is 2.34. The predicted molar refractivity (Wildman–Crippen MR) is 70.9 cm³/mol. The number of hydrogen-bond donors (Lipinski definition) is 1. The summed E-state index contributed by atoms with van der Waals surface area (Å²) in [7, 11) is 0. The third-order valence-electron chi connectivity index (χ3n) is 3.64. The van der Waals surface area contributed by atoms with Gasteiger partial charge in [-0.15, -0.1) is 0 Å². The quantitative estimate of drug-likeness (QED) is 0.660. The van der Waals surface area contributed by atoms with Gasteiger partial charge in [0.25, 0.3) is 11.6 Å². The average Bonchev–Trinajstić information content (AvgIpc) is 2.86. The van der Waals surface area contributed by atoms with Crippen LogP contribution in [0.25, 0.3) is 0 Å². The minimum Gasteiger partial charge on any atom is -0.334 e. The molecule has 19 heavy (non-hydrogen) atoms. The van der Waals surface area contributed by atoms with Gasteiger partial charge in [0.2, 0.25) is 0 Å². The number of benzene rings is 1. The Morgan fingerprint density at radius 2 is 2.32 bits per heavy atom. The maximum atomic E-state index is 12.5. The number of likely N-dealkylation sites (tertiary alicyclic amines) is 1. The van der Waals surface area contributed by atoms with Crippen LogP contribution < -0.4 is 5.73 Å². The molecule has 1 aromatic carbocycles. The molecule has 1 amide bonds. The molecule has 2 N–H and O–H groups in total. The Kier molecular flexibility index (Phi) is 3.80. The summed E-state index contributed by atoms with van der Waals surface area (Å²) < 4.78 is 0. The number of carbonyl (C=O) groups excluding carboxylic acids is 1. The number of nitrogens with two attached hydrogens (primary N) is 1. The second-order valence-electron chi connectivity index (χ2n) is 4.74. The van der Waals surface area contributed by atoms with Crippen molar-refractivity contribution in [2.75, 3.05) is 13.1 Å². The predicted octanol–water partition coefficient (Wildman–Crippen LogP) is 1.47. The number of nitro groups is 1. The monoisotopic (exact) mass is 263 g/mol. The highest BCUT2D eigenvalue weighted by Gasteiger charge is 2.30. The van der Waals surface area contributed by atoms with Crippen LogP contribution in [0.4, 0.5) is 5.69 Å². The number of hydrogen-bond acceptors (Lipinski definition) is 4. The molecule has 6 nitrogen and oxygen atoms in total. The van der Waals surface area contributed by atoms with Gasteiger partial charge in [0.15, 0.2) is 0 Å². The van der Waals surface area contributed by atoms with Crippen molar-refractivity contribution in [2.45, 2.75) is 25.8 Å². The zero-order valence-corrected chi connectivity index (χ0v) is 10.8. The Morgan fingerprint density at radius 3 is 2.95 bits per heavy atom. The van der Waals surface area contributed by atoms with Gasteiger partial charge < -0.3 is 10.6 Å². The van der Waals surface area contributed by atoms with E-state index < -0.39 is 4.92 Å². The molecule has 1 heterocycles. The summed E-state index contributed by atoms with van der Waals surface area (Å²) in [5, 5.41) is 10.9. The number of amides is 1. The van der Waals surface area contributed by atoms with Crippen LogP contribution in [-0.4, -0.2) is 34.9 Å². The van der Waals surface area contributed by atoms with Crippen molar-refractivity contribution in [3.05, 3.63) is 39.4 Å². The highest BCUT2D eigenvalue weighted by molar-refractivity contribution is 5.97. The fraction of sp³-hybridized carbons (Fsp3) is 0.462. The standard InChI is InChI=1S/C13H17N3O3/c1-9-11(5-2-6-12(9)16(18)19)13(17)15-7-3-4-10(15)8-14/h2,5-6,10H,3-4,7-8,14H2,1H3. The first-order valence-electron chi connectivity index (χ1n) is 6.31. The van der Waals surface area contributed by atoms with Crippen LogP contribution in [0.1, 0.15) is 28.8 Å². The molecule has 0 spiro atoms. The second-order valence-corrected chi connectivity index (χ2v) is 4.74. The van der Waals surface area contributed by atoms with Crippen molar-refractivity contribution < 1.29 is 9.72 Å². The van der Waals surface area contributed by atoms with E-state index in [2.05, 4.69) is 0 Å². The number of nitro benzene ring substituents is 1. The molecule has 6 heteroatoms. The molecule has 1 aliphatic rings. The Bertz CT molecular complexity index is 516. The van der Waals surface area contributed by atoms with Gasteiger partial charge in [0, 0.05) is 36.3 Å². The highest BCUT2D eigenvalue weighted by Crippen LogP contribution is 2.25. The molecule has 1 atom stereocenters. The van der Waals surface area contributed by atoms with Crippen molar-refractivity contribution >= 4 is 11.6 Å². The van der Waals surface area contributed by atoms with Crippen LogP contribution in [0.15, 0.2) is 18.2 Å². The van der Waals surface area contributed by atoms with Crippen LogP contribution in [-0.2, 0) is 0 Å². The van der Waals surface area contributed by atoms with Crippen LogP contribution in [0.5, 0.6) is 0 Å². The molecule has 1 aliphatic heterocycles. The lowest BCUT2D eigenvalue weighted by Gasteiger charge is -2.24. The van der Waals surface area contributed by atoms with Crippen molar-refractivity contribution in [1.29, 1.82) is 0 Å². The summed E-state index contributed by atoms with van der Waals surface area (Å²) in [5.41, 5.74) is 6.45. The van der Waals surface area contributed by atoms with Crippen molar-refractivity contribution in [1.82, 2.24) is 4.90 Å². The third-order valence-corrected chi connectivity index (χ3v) is 3.64. The minimum absolute atomic E-state index is 0.0191. The minimum atomic E-state index is -0.462. The lowest BCUT2D eigenvalue weighted by Crippen LogP contribution is -2.40. The van der Waals surface area contributed by atoms with Gasteiger partial charge in [-0.3, -0.25) is 14.9 Å². The summed E-state index contributed by atoms with van der Waals surface area (Å²) in [4.78, 5) is 24.6. The van der Waals surface area contributed by atoms with E-state index in [1.54, 1.807) is 24.0 Å². The van der Waals surface area contributed by atoms with Gasteiger partial charge in [-0.25, -0.2) is 0 Å². The Morgan fingerprint density at radius 1 is 1.58 bits per heavy atom. The molecule has 102 valence electrons. The number of nitrogens with zero attached hydrogens (tertiary/aromatic N) is 2. The summed E-state index contributed by atoms with van der Waals surface area (Å²) in [5.74, 6) is -0.158. The van der Waals surface area contributed by atoms with Crippen LogP contribution in [0, 0.1) is 17.0 Å². The van der Waals surface area contributed by atoms with Gasteiger partial charge in [-0.1, -0.05) is 6.07 Å². The van der Waals surface area contributed by atoms with Gasteiger partial charge >= 0.3 is 0 Å². The summed E-state index contributed by atoms with van der Waals surface area (Å²) >= 11 is 0. The molecular weight excluding hydrogens is 246 g/mol. The zero-order chi connectivity index (χ0) is 14.0. The van der Waals surface area contributed by atoms with E-state index in [-0.39, 0.29) is 17.6 Å². The Hall–Kier alpha value is -1.95. The first-order chi connectivity index (χ1) is 9.06. The molecule has 1 saturated heterocycles. The lowest BCUT2D eigenvalue weighted by molar-refractivity contribution is -0.385. The van der Waals surface area contributed by atoms with E-state index in [9.17, 15) is 14.9 Å². The van der Waals surface area contributed by atoms with E-state index in [4.69, 9.17) is 5.73 Å². The first kappa shape index (κ1) is 13.5. The molecule has 1 aromatic rings. The molecule has 0 radical (unpaired) electrons. The maximum absolute atomic E-state index is 12.5. The van der Waals surface area contributed by atoms with Gasteiger partial charge in [0.05, 0.1) is 4.92 Å². The van der Waals surface area contributed by atoms with E-state index >= 15 is 0 Å². The van der Waals surface area contributed by atoms with E-state index in [1.165, 1.54) is 6.07 Å². The summed E-state index contributed by atoms with van der Waals surface area (Å²) in [6.07, 6.45) is 1.83. The van der Waals surface area contributed by atoms with Crippen molar-refractivity contribution in [3.8, 4) is 0 Å². The lowest BCUT2D eigenvalue weighted by atomic mass is 10.1. The highest BCUT2D eigenvalue weighted by atomic mass is 16.6. The number of rotatable bonds is 3. The molecular formula is C13H17N3O3. The first-order valence-corrected chi connectivity index (χ1v) is 6.31. The average molecular weight is 263 g/mol. The topological polar surface area (TPSA) is 89.5 Å². The third kappa shape index (κ3) is 2.44. The van der Waals surface area contributed by atoms with Crippen LogP contribution in [0.2, 0.25) is 0 Å². The van der Waals surface area contributed by atoms with Crippen molar-refractivity contribution in [3.63, 3.8) is 0 Å². The molecule has 0 aliphatic carbocycles. The number of carbonyl (C=O) groups is 1. The fourth-order valence-electron chi connectivity index (χ4n) is 2.56. The van der Waals surface area contributed by atoms with Gasteiger partial charge in [0.1, 0.15) is 0 Å². The zero-order valence-electron chi connectivity index (χ0n) is 10.8. The molecule has 2 rings (SSSR count). The van der Waals surface area contributed by atoms with Crippen LogP contribution in [0.3, 0.4) is 0 Å². The maximum Gasteiger partial charge on any atom is 0.273 e. The second kappa shape index (κ2) is 5.36. The fourth-order valence-corrected chi connectivity index (χ4v) is 2.56. The molecule has 0 bridgehead atoms. The van der Waals surface area contributed by atoms with Crippen LogP contribution >= 0.6 is 0 Å².